The van der Waals surface area contributed by atoms with E-state index in [-0.39, 0.29) is 0 Å². The molecule has 1 fully saturated rings. The maximum absolute atomic E-state index is 3.48. The van der Waals surface area contributed by atoms with Gasteiger partial charge in [0, 0.05) is 25.2 Å². The van der Waals surface area contributed by atoms with Gasteiger partial charge < -0.3 is 5.32 Å². The van der Waals surface area contributed by atoms with E-state index in [0.29, 0.717) is 6.04 Å². The van der Waals surface area contributed by atoms with Gasteiger partial charge in [-0.1, -0.05) is 36.8 Å². The summed E-state index contributed by atoms with van der Waals surface area (Å²) in [6.45, 7) is 9.25. The molecule has 106 valence electrons. The lowest BCUT2D eigenvalue weighted by Gasteiger charge is -2.38. The second-order valence-corrected chi connectivity index (χ2v) is 6.24. The van der Waals surface area contributed by atoms with E-state index in [9.17, 15) is 0 Å². The molecule has 0 aliphatic carbocycles. The Hall–Kier alpha value is -0.860. The Balaban J connectivity index is 2.03. The van der Waals surface area contributed by atoms with E-state index >= 15 is 0 Å². The summed E-state index contributed by atoms with van der Waals surface area (Å²) in [7, 11) is 2.07. The minimum atomic E-state index is 0.438. The van der Waals surface area contributed by atoms with Crippen molar-refractivity contribution in [2.45, 2.75) is 45.7 Å². The van der Waals surface area contributed by atoms with Crippen LogP contribution in [0.15, 0.2) is 24.3 Å². The van der Waals surface area contributed by atoms with Gasteiger partial charge >= 0.3 is 0 Å². The lowest BCUT2D eigenvalue weighted by molar-refractivity contribution is 0.113. The second-order valence-electron chi connectivity index (χ2n) is 6.24. The van der Waals surface area contributed by atoms with Gasteiger partial charge in [0.1, 0.15) is 0 Å². The fraction of sp³-hybridized carbons (Fsp3) is 0.647. The Morgan fingerprint density at radius 3 is 2.53 bits per heavy atom. The molecule has 3 atom stereocenters. The normalized spacial score (nSPS) is 26.3. The van der Waals surface area contributed by atoms with Gasteiger partial charge in [0.15, 0.2) is 0 Å². The third-order valence-electron chi connectivity index (χ3n) is 4.49. The van der Waals surface area contributed by atoms with E-state index in [1.807, 2.05) is 0 Å². The Labute approximate surface area is 118 Å². The van der Waals surface area contributed by atoms with E-state index in [1.54, 1.807) is 0 Å². The molecule has 2 nitrogen and oxygen atoms in total. The Bertz CT molecular complexity index is 385. The van der Waals surface area contributed by atoms with Crippen molar-refractivity contribution in [1.82, 2.24) is 10.2 Å². The summed E-state index contributed by atoms with van der Waals surface area (Å²) in [5.74, 6) is 0.840. The highest BCUT2D eigenvalue weighted by Crippen LogP contribution is 2.24. The van der Waals surface area contributed by atoms with Crippen LogP contribution in [0, 0.1) is 12.8 Å². The average molecular weight is 260 g/mol. The molecule has 1 aromatic rings. The molecule has 2 rings (SSSR count). The molecule has 0 bridgehead atoms. The van der Waals surface area contributed by atoms with E-state index in [4.69, 9.17) is 0 Å². The van der Waals surface area contributed by atoms with Crippen LogP contribution in [0.2, 0.25) is 0 Å². The molecule has 1 aromatic carbocycles. The molecule has 1 heterocycles. The van der Waals surface area contributed by atoms with Gasteiger partial charge in [-0.2, -0.15) is 0 Å². The second kappa shape index (κ2) is 6.53. The minimum Gasteiger partial charge on any atom is -0.312 e. The van der Waals surface area contributed by atoms with Crippen molar-refractivity contribution in [3.8, 4) is 0 Å². The molecule has 3 unspecified atom stereocenters. The first-order valence-corrected chi connectivity index (χ1v) is 7.58. The number of hydrogen-bond acceptors (Lipinski definition) is 2. The fourth-order valence-electron chi connectivity index (χ4n) is 3.03. The maximum atomic E-state index is 3.48. The lowest BCUT2D eigenvalue weighted by atomic mass is 9.94. The van der Waals surface area contributed by atoms with Crippen molar-refractivity contribution in [3.63, 3.8) is 0 Å². The molecule has 19 heavy (non-hydrogen) atoms. The number of hydrogen-bond donors (Lipinski definition) is 1. The van der Waals surface area contributed by atoms with Crippen LogP contribution in [-0.4, -0.2) is 31.1 Å². The standard InChI is InChI=1S/C17H28N2/c1-13-6-9-16(10-7-13)17(18-4)12-19-11-14(2)5-8-15(19)3/h6-7,9-10,14-15,17-18H,5,8,11-12H2,1-4H3. The number of nitrogens with one attached hydrogen (secondary N) is 1. The number of piperidine rings is 1. The zero-order valence-corrected chi connectivity index (χ0v) is 12.8. The van der Waals surface area contributed by atoms with Crippen molar-refractivity contribution in [1.29, 1.82) is 0 Å². The van der Waals surface area contributed by atoms with Gasteiger partial charge in [0.05, 0.1) is 0 Å². The van der Waals surface area contributed by atoms with Crippen molar-refractivity contribution >= 4 is 0 Å². The molecule has 1 saturated heterocycles. The smallest absolute Gasteiger partial charge is 0.0446 e. The van der Waals surface area contributed by atoms with Gasteiger partial charge in [-0.3, -0.25) is 4.90 Å². The van der Waals surface area contributed by atoms with Crippen LogP contribution in [0.25, 0.3) is 0 Å². The molecule has 1 N–H and O–H groups in total. The SMILES string of the molecule is CNC(CN1CC(C)CCC1C)c1ccc(C)cc1. The lowest BCUT2D eigenvalue weighted by Crippen LogP contribution is -2.44. The summed E-state index contributed by atoms with van der Waals surface area (Å²) in [5, 5.41) is 3.48. The topological polar surface area (TPSA) is 15.3 Å². The number of likely N-dealkylation sites (N-methyl/N-ethyl adjacent to an activating group) is 1. The molecule has 0 aromatic heterocycles. The molecule has 1 aliphatic rings. The predicted octanol–water partition coefficient (Wildman–Crippen LogP) is 3.38. The number of likely N-dealkylation sites (tertiary alicyclic amines) is 1. The largest absolute Gasteiger partial charge is 0.312 e. The van der Waals surface area contributed by atoms with Crippen LogP contribution < -0.4 is 5.32 Å². The highest BCUT2D eigenvalue weighted by Gasteiger charge is 2.25. The Morgan fingerprint density at radius 2 is 1.89 bits per heavy atom. The third kappa shape index (κ3) is 3.80. The first kappa shape index (κ1) is 14.5. The molecule has 1 aliphatic heterocycles. The van der Waals surface area contributed by atoms with Crippen LogP contribution in [0.4, 0.5) is 0 Å². The zero-order chi connectivity index (χ0) is 13.8. The average Bonchev–Trinajstić information content (AvgIpc) is 2.41. The molecule has 0 saturated carbocycles. The van der Waals surface area contributed by atoms with Crippen LogP contribution in [0.3, 0.4) is 0 Å². The molecule has 0 radical (unpaired) electrons. The van der Waals surface area contributed by atoms with E-state index < -0.39 is 0 Å². The molecule has 2 heteroatoms. The predicted molar refractivity (Wildman–Crippen MR) is 82.4 cm³/mol. The quantitative estimate of drug-likeness (QED) is 0.893. The number of benzene rings is 1. The van der Waals surface area contributed by atoms with Crippen molar-refractivity contribution in [3.05, 3.63) is 35.4 Å². The highest BCUT2D eigenvalue weighted by molar-refractivity contribution is 5.24. The van der Waals surface area contributed by atoms with Crippen molar-refractivity contribution in [2.75, 3.05) is 20.1 Å². The van der Waals surface area contributed by atoms with Crippen LogP contribution in [0.5, 0.6) is 0 Å². The van der Waals surface area contributed by atoms with E-state index in [2.05, 4.69) is 62.3 Å². The van der Waals surface area contributed by atoms with Gasteiger partial charge in [-0.25, -0.2) is 0 Å². The summed E-state index contributed by atoms with van der Waals surface area (Å²) in [5.41, 5.74) is 2.73. The minimum absolute atomic E-state index is 0.438. The first-order valence-electron chi connectivity index (χ1n) is 7.58. The third-order valence-corrected chi connectivity index (χ3v) is 4.49. The Morgan fingerprint density at radius 1 is 1.21 bits per heavy atom. The summed E-state index contributed by atoms with van der Waals surface area (Å²) in [4.78, 5) is 2.65. The molecule has 0 amide bonds. The highest BCUT2D eigenvalue weighted by atomic mass is 15.2. The van der Waals surface area contributed by atoms with Gasteiger partial charge in [0.2, 0.25) is 0 Å². The number of nitrogens with zero attached hydrogens (tertiary/aromatic N) is 1. The van der Waals surface area contributed by atoms with Gasteiger partial charge in [-0.15, -0.1) is 0 Å². The summed E-state index contributed by atoms with van der Waals surface area (Å²) < 4.78 is 0. The summed E-state index contributed by atoms with van der Waals surface area (Å²) in [6, 6.07) is 10.1. The van der Waals surface area contributed by atoms with Crippen molar-refractivity contribution in [2.24, 2.45) is 5.92 Å². The first-order chi connectivity index (χ1) is 9.10. The molecular weight excluding hydrogens is 232 g/mol. The van der Waals surface area contributed by atoms with Crippen molar-refractivity contribution < 1.29 is 0 Å². The monoisotopic (exact) mass is 260 g/mol. The summed E-state index contributed by atoms with van der Waals surface area (Å²) >= 11 is 0. The molecular formula is C17H28N2. The van der Waals surface area contributed by atoms with Crippen LogP contribution in [-0.2, 0) is 0 Å². The van der Waals surface area contributed by atoms with Gasteiger partial charge in [0.25, 0.3) is 0 Å². The van der Waals surface area contributed by atoms with E-state index in [0.717, 1.165) is 18.5 Å². The number of aryl methyl sites for hydroxylation is 1. The Kier molecular flexibility index (Phi) is 5.00. The zero-order valence-electron chi connectivity index (χ0n) is 12.8. The van der Waals surface area contributed by atoms with Crippen LogP contribution in [0.1, 0.15) is 43.9 Å². The summed E-state index contributed by atoms with van der Waals surface area (Å²) in [6.07, 6.45) is 2.72. The van der Waals surface area contributed by atoms with Crippen LogP contribution >= 0.6 is 0 Å². The maximum Gasteiger partial charge on any atom is 0.0446 e. The fourth-order valence-corrected chi connectivity index (χ4v) is 3.03. The van der Waals surface area contributed by atoms with Gasteiger partial charge in [-0.05, 0) is 45.2 Å². The van der Waals surface area contributed by atoms with E-state index in [1.165, 1.54) is 30.5 Å². The number of rotatable bonds is 4. The molecule has 0 spiro atoms.